The van der Waals surface area contributed by atoms with Crippen LogP contribution >= 0.6 is 11.8 Å². The largest absolute Gasteiger partial charge is 0.466 e. The van der Waals surface area contributed by atoms with Gasteiger partial charge in [-0.15, -0.1) is 0 Å². The fraction of sp³-hybridized carbons (Fsp3) is 0.810. The van der Waals surface area contributed by atoms with Gasteiger partial charge >= 0.3 is 5.97 Å². The molecule has 172 valence electrons. The van der Waals surface area contributed by atoms with Crippen LogP contribution in [0, 0.1) is 0 Å². The number of hydrogen-bond acceptors (Lipinski definition) is 8. The SMILES string of the molecule is CCOC(=O)CC1=C2OC(C)(C)O[C@H]2OC1[C@@H](CO[Si](C)(C)C(C)(C)C)SC(C)=O. The van der Waals surface area contributed by atoms with Gasteiger partial charge in [0.25, 0.3) is 0 Å². The van der Waals surface area contributed by atoms with Crippen LogP contribution in [0.25, 0.3) is 0 Å². The topological polar surface area (TPSA) is 80.3 Å². The monoisotopic (exact) mass is 460 g/mol. The first-order valence-electron chi connectivity index (χ1n) is 10.4. The van der Waals surface area contributed by atoms with E-state index in [1.54, 1.807) is 20.8 Å². The fourth-order valence-electron chi connectivity index (χ4n) is 3.08. The number of thioether (sulfide) groups is 1. The number of carbonyl (C=O) groups excluding carboxylic acids is 2. The second-order valence-electron chi connectivity index (χ2n) is 9.60. The highest BCUT2D eigenvalue weighted by molar-refractivity contribution is 8.14. The average molecular weight is 461 g/mol. The summed E-state index contributed by atoms with van der Waals surface area (Å²) in [6, 6.07) is 0. The quantitative estimate of drug-likeness (QED) is 0.390. The van der Waals surface area contributed by atoms with E-state index < -0.39 is 26.5 Å². The van der Waals surface area contributed by atoms with Gasteiger partial charge in [0.05, 0.1) is 18.3 Å². The number of rotatable bonds is 8. The molecule has 0 aromatic rings. The van der Waals surface area contributed by atoms with Gasteiger partial charge in [0.15, 0.2) is 19.2 Å². The summed E-state index contributed by atoms with van der Waals surface area (Å²) in [4.78, 5) is 24.3. The van der Waals surface area contributed by atoms with E-state index in [9.17, 15) is 9.59 Å². The van der Waals surface area contributed by atoms with Crippen LogP contribution in [0.1, 0.15) is 54.9 Å². The molecular formula is C21H36O7SSi. The third-order valence-corrected chi connectivity index (χ3v) is 11.1. The zero-order chi connectivity index (χ0) is 22.9. The molecule has 2 heterocycles. The minimum Gasteiger partial charge on any atom is -0.466 e. The van der Waals surface area contributed by atoms with E-state index in [1.165, 1.54) is 18.7 Å². The van der Waals surface area contributed by atoms with E-state index in [0.29, 0.717) is 24.5 Å². The summed E-state index contributed by atoms with van der Waals surface area (Å²) in [5.74, 6) is -0.690. The molecule has 0 aliphatic carbocycles. The molecule has 7 nitrogen and oxygen atoms in total. The lowest BCUT2D eigenvalue weighted by atomic mass is 10.0. The fourth-order valence-corrected chi connectivity index (χ4v) is 5.15. The maximum atomic E-state index is 12.3. The third-order valence-electron chi connectivity index (χ3n) is 5.60. The summed E-state index contributed by atoms with van der Waals surface area (Å²) >= 11 is 1.17. The van der Waals surface area contributed by atoms with Gasteiger partial charge in [-0.05, 0) is 25.1 Å². The Morgan fingerprint density at radius 3 is 2.43 bits per heavy atom. The number of carbonyl (C=O) groups is 2. The molecule has 9 heteroatoms. The highest BCUT2D eigenvalue weighted by Gasteiger charge is 2.51. The Hall–Kier alpha value is -0.873. The van der Waals surface area contributed by atoms with Gasteiger partial charge in [-0.25, -0.2) is 0 Å². The van der Waals surface area contributed by atoms with E-state index in [-0.39, 0.29) is 27.8 Å². The Morgan fingerprint density at radius 1 is 1.27 bits per heavy atom. The molecule has 2 aliphatic heterocycles. The van der Waals surface area contributed by atoms with E-state index in [0.717, 1.165) is 0 Å². The van der Waals surface area contributed by atoms with Crippen LogP contribution in [-0.2, 0) is 33.0 Å². The predicted octanol–water partition coefficient (Wildman–Crippen LogP) is 4.37. The van der Waals surface area contributed by atoms with Crippen molar-refractivity contribution >= 4 is 31.2 Å². The summed E-state index contributed by atoms with van der Waals surface area (Å²) < 4.78 is 29.5. The van der Waals surface area contributed by atoms with E-state index >= 15 is 0 Å². The Labute approximate surface area is 185 Å². The van der Waals surface area contributed by atoms with E-state index in [2.05, 4.69) is 33.9 Å². The van der Waals surface area contributed by atoms with Crippen molar-refractivity contribution in [3.8, 4) is 0 Å². The normalized spacial score (nSPS) is 24.4. The molecule has 2 rings (SSSR count). The first-order valence-corrected chi connectivity index (χ1v) is 14.2. The summed E-state index contributed by atoms with van der Waals surface area (Å²) in [5.41, 5.74) is 0.668. The van der Waals surface area contributed by atoms with Crippen LogP contribution in [-0.4, -0.2) is 56.0 Å². The van der Waals surface area contributed by atoms with Crippen molar-refractivity contribution in [2.24, 2.45) is 0 Å². The van der Waals surface area contributed by atoms with Crippen LogP contribution in [0.5, 0.6) is 0 Å². The molecule has 3 atom stereocenters. The molecule has 0 aromatic carbocycles. The Morgan fingerprint density at radius 2 is 1.90 bits per heavy atom. The maximum absolute atomic E-state index is 12.3. The molecule has 0 aromatic heterocycles. The minimum atomic E-state index is -2.04. The molecule has 1 fully saturated rings. The van der Waals surface area contributed by atoms with Gasteiger partial charge in [-0.1, -0.05) is 32.5 Å². The van der Waals surface area contributed by atoms with Crippen molar-refractivity contribution in [2.75, 3.05) is 13.2 Å². The van der Waals surface area contributed by atoms with Crippen LogP contribution in [0.15, 0.2) is 11.3 Å². The lowest BCUT2D eigenvalue weighted by Gasteiger charge is -2.38. The van der Waals surface area contributed by atoms with Crippen molar-refractivity contribution in [3.63, 3.8) is 0 Å². The number of esters is 1. The van der Waals surface area contributed by atoms with Crippen LogP contribution < -0.4 is 0 Å². The standard InChI is InChI=1S/C21H36O7SSi/c1-10-24-16(23)11-14-17(26-19-18(14)27-21(6,7)28-19)15(29-13(2)22)12-25-30(8,9)20(3,4)5/h15,17,19H,10-12H2,1-9H3/t15-,17?,19-/m1/s1. The molecule has 0 radical (unpaired) electrons. The molecule has 1 unspecified atom stereocenters. The maximum Gasteiger partial charge on any atom is 0.310 e. The van der Waals surface area contributed by atoms with Gasteiger partial charge in [0.2, 0.25) is 12.1 Å². The first kappa shape index (κ1) is 25.4. The third kappa shape index (κ3) is 6.09. The molecule has 0 saturated carbocycles. The molecule has 0 spiro atoms. The van der Waals surface area contributed by atoms with Crippen LogP contribution in [0.4, 0.5) is 0 Å². The van der Waals surface area contributed by atoms with Crippen LogP contribution in [0.2, 0.25) is 18.1 Å². The van der Waals surface area contributed by atoms with Crippen molar-refractivity contribution in [2.45, 2.75) is 96.5 Å². The molecule has 0 bridgehead atoms. The second-order valence-corrected chi connectivity index (χ2v) is 15.8. The number of fused-ring (bicyclic) bond motifs is 1. The second kappa shape index (κ2) is 9.32. The van der Waals surface area contributed by atoms with Crippen molar-refractivity contribution in [1.82, 2.24) is 0 Å². The van der Waals surface area contributed by atoms with E-state index in [4.69, 9.17) is 23.4 Å². The van der Waals surface area contributed by atoms with Gasteiger partial charge in [0, 0.05) is 33.0 Å². The van der Waals surface area contributed by atoms with Gasteiger partial charge in [0.1, 0.15) is 6.10 Å². The number of ether oxygens (including phenoxy) is 4. The number of hydrogen-bond donors (Lipinski definition) is 0. The van der Waals surface area contributed by atoms with Crippen molar-refractivity contribution < 1.29 is 33.0 Å². The molecule has 0 amide bonds. The Balaban J connectivity index is 2.30. The molecular weight excluding hydrogens is 424 g/mol. The summed E-state index contributed by atoms with van der Waals surface area (Å²) in [6.45, 7) is 18.3. The van der Waals surface area contributed by atoms with Crippen molar-refractivity contribution in [1.29, 1.82) is 0 Å². The Kier molecular flexibility index (Phi) is 7.89. The van der Waals surface area contributed by atoms with E-state index in [1.807, 2.05) is 0 Å². The molecule has 30 heavy (non-hydrogen) atoms. The molecule has 1 saturated heterocycles. The summed E-state index contributed by atoms with van der Waals surface area (Å²) in [5, 5.41) is -0.329. The molecule has 2 aliphatic rings. The summed E-state index contributed by atoms with van der Waals surface area (Å²) in [6.07, 6.45) is -1.21. The highest BCUT2D eigenvalue weighted by atomic mass is 32.2. The zero-order valence-corrected chi connectivity index (χ0v) is 21.4. The smallest absolute Gasteiger partial charge is 0.310 e. The lowest BCUT2D eigenvalue weighted by molar-refractivity contribution is -0.200. The van der Waals surface area contributed by atoms with Gasteiger partial charge in [-0.3, -0.25) is 9.59 Å². The summed E-state index contributed by atoms with van der Waals surface area (Å²) in [7, 11) is -2.04. The highest BCUT2D eigenvalue weighted by Crippen LogP contribution is 2.45. The van der Waals surface area contributed by atoms with Gasteiger partial charge < -0.3 is 23.4 Å². The van der Waals surface area contributed by atoms with Gasteiger partial charge in [-0.2, -0.15) is 0 Å². The average Bonchev–Trinajstić information content (AvgIpc) is 3.03. The zero-order valence-electron chi connectivity index (χ0n) is 19.6. The van der Waals surface area contributed by atoms with Crippen molar-refractivity contribution in [3.05, 3.63) is 11.3 Å². The Bertz CT molecular complexity index is 696. The lowest BCUT2D eigenvalue weighted by Crippen LogP contribution is -2.44. The molecule has 0 N–H and O–H groups in total. The van der Waals surface area contributed by atoms with Crippen LogP contribution in [0.3, 0.4) is 0 Å². The predicted molar refractivity (Wildman–Crippen MR) is 118 cm³/mol. The first-order chi connectivity index (χ1) is 13.7. The minimum absolute atomic E-state index is 0.0266.